The van der Waals surface area contributed by atoms with Crippen LogP contribution in [0, 0.1) is 23.6 Å². The van der Waals surface area contributed by atoms with Crippen molar-refractivity contribution in [2.75, 3.05) is 26.2 Å². The molecule has 4 bridgehead atoms. The van der Waals surface area contributed by atoms with Crippen molar-refractivity contribution in [1.82, 2.24) is 15.5 Å². The predicted molar refractivity (Wildman–Crippen MR) is 110 cm³/mol. The van der Waals surface area contributed by atoms with Crippen LogP contribution >= 0.6 is 12.4 Å². The SMILES string of the molecule is Cl.O=C(CN1CCNCC1c1cccc(F)c1)NC12CC3CC(CC(C3)C1)C2. The lowest BCUT2D eigenvalue weighted by Gasteiger charge is -2.57. The Morgan fingerprint density at radius 3 is 2.50 bits per heavy atom. The van der Waals surface area contributed by atoms with E-state index >= 15 is 0 Å². The third-order valence-electron chi connectivity index (χ3n) is 7.38. The van der Waals surface area contributed by atoms with Gasteiger partial charge in [-0.1, -0.05) is 12.1 Å². The fourth-order valence-corrected chi connectivity index (χ4v) is 6.76. The highest BCUT2D eigenvalue weighted by Crippen LogP contribution is 2.55. The number of halogens is 2. The Hall–Kier alpha value is -1.17. The summed E-state index contributed by atoms with van der Waals surface area (Å²) >= 11 is 0. The summed E-state index contributed by atoms with van der Waals surface area (Å²) in [5.74, 6) is 2.43. The number of piperazine rings is 1. The summed E-state index contributed by atoms with van der Waals surface area (Å²) in [6.45, 7) is 2.85. The first kappa shape index (κ1) is 20.1. The quantitative estimate of drug-likeness (QED) is 0.805. The van der Waals surface area contributed by atoms with E-state index in [1.54, 1.807) is 12.1 Å². The number of rotatable bonds is 4. The molecule has 154 valence electrons. The normalized spacial score (nSPS) is 36.8. The minimum absolute atomic E-state index is 0. The Labute approximate surface area is 173 Å². The number of hydrogen-bond acceptors (Lipinski definition) is 3. The van der Waals surface area contributed by atoms with Crippen LogP contribution in [-0.2, 0) is 4.79 Å². The van der Waals surface area contributed by atoms with Crippen LogP contribution in [0.4, 0.5) is 4.39 Å². The molecule has 0 radical (unpaired) electrons. The molecule has 1 aromatic carbocycles. The molecule has 1 amide bonds. The van der Waals surface area contributed by atoms with Crippen molar-refractivity contribution < 1.29 is 9.18 Å². The van der Waals surface area contributed by atoms with Crippen LogP contribution in [0.25, 0.3) is 0 Å². The van der Waals surface area contributed by atoms with E-state index in [9.17, 15) is 9.18 Å². The van der Waals surface area contributed by atoms with Crippen LogP contribution in [-0.4, -0.2) is 42.5 Å². The van der Waals surface area contributed by atoms with Gasteiger partial charge in [-0.15, -0.1) is 12.4 Å². The maximum atomic E-state index is 13.7. The smallest absolute Gasteiger partial charge is 0.234 e. The molecule has 4 nitrogen and oxygen atoms in total. The first-order chi connectivity index (χ1) is 13.1. The molecule has 1 aromatic rings. The van der Waals surface area contributed by atoms with Gasteiger partial charge in [-0.2, -0.15) is 0 Å². The van der Waals surface area contributed by atoms with Gasteiger partial charge in [-0.05, 0) is 74.0 Å². The molecule has 6 heteroatoms. The lowest BCUT2D eigenvalue weighted by molar-refractivity contribution is -0.128. The van der Waals surface area contributed by atoms with Gasteiger partial charge in [-0.25, -0.2) is 4.39 Å². The van der Waals surface area contributed by atoms with Crippen LogP contribution in [0.5, 0.6) is 0 Å². The second-order valence-corrected chi connectivity index (χ2v) is 9.49. The van der Waals surface area contributed by atoms with Crippen molar-refractivity contribution in [3.05, 3.63) is 35.6 Å². The minimum Gasteiger partial charge on any atom is -0.350 e. The summed E-state index contributed by atoms with van der Waals surface area (Å²) in [5.41, 5.74) is 1.01. The summed E-state index contributed by atoms with van der Waals surface area (Å²) in [6, 6.07) is 6.85. The molecule has 6 rings (SSSR count). The molecule has 2 N–H and O–H groups in total. The lowest BCUT2D eigenvalue weighted by atomic mass is 9.53. The second-order valence-electron chi connectivity index (χ2n) is 9.49. The average Bonchev–Trinajstić information content (AvgIpc) is 2.60. The van der Waals surface area contributed by atoms with Crippen molar-refractivity contribution in [2.45, 2.75) is 50.1 Å². The summed E-state index contributed by atoms with van der Waals surface area (Å²) < 4.78 is 13.7. The van der Waals surface area contributed by atoms with Crippen molar-refractivity contribution in [1.29, 1.82) is 0 Å². The predicted octanol–water partition coefficient (Wildman–Crippen LogP) is 3.28. The van der Waals surface area contributed by atoms with E-state index in [-0.39, 0.29) is 35.7 Å². The Kier molecular flexibility index (Phi) is 5.69. The molecular weight excluding hydrogens is 377 g/mol. The highest BCUT2D eigenvalue weighted by molar-refractivity contribution is 5.85. The van der Waals surface area contributed by atoms with Gasteiger partial charge >= 0.3 is 0 Å². The van der Waals surface area contributed by atoms with E-state index in [0.29, 0.717) is 6.54 Å². The number of nitrogens with one attached hydrogen (secondary N) is 2. The summed E-state index contributed by atoms with van der Waals surface area (Å²) in [5, 5.41) is 6.87. The molecule has 1 heterocycles. The van der Waals surface area contributed by atoms with E-state index in [1.165, 1.54) is 44.6 Å². The fraction of sp³-hybridized carbons (Fsp3) is 0.682. The van der Waals surface area contributed by atoms with Gasteiger partial charge in [0.25, 0.3) is 0 Å². The molecule has 5 fully saturated rings. The Morgan fingerprint density at radius 2 is 1.86 bits per heavy atom. The maximum absolute atomic E-state index is 13.7. The third-order valence-corrected chi connectivity index (χ3v) is 7.38. The molecule has 0 spiro atoms. The van der Waals surface area contributed by atoms with Gasteiger partial charge in [0, 0.05) is 31.2 Å². The second kappa shape index (κ2) is 7.92. The Balaban J connectivity index is 0.00000192. The number of benzene rings is 1. The van der Waals surface area contributed by atoms with Crippen molar-refractivity contribution in [3.8, 4) is 0 Å². The molecule has 1 atom stereocenters. The number of carbonyl (C=O) groups excluding carboxylic acids is 1. The largest absolute Gasteiger partial charge is 0.350 e. The molecule has 4 aliphatic carbocycles. The maximum Gasteiger partial charge on any atom is 0.234 e. The molecule has 28 heavy (non-hydrogen) atoms. The van der Waals surface area contributed by atoms with Gasteiger partial charge in [0.15, 0.2) is 0 Å². The molecular formula is C22H31ClFN3O. The molecule has 1 aliphatic heterocycles. The Morgan fingerprint density at radius 1 is 1.18 bits per heavy atom. The number of amides is 1. The molecule has 4 saturated carbocycles. The van der Waals surface area contributed by atoms with E-state index in [4.69, 9.17) is 0 Å². The number of carbonyl (C=O) groups is 1. The first-order valence-corrected chi connectivity index (χ1v) is 10.6. The van der Waals surface area contributed by atoms with E-state index in [2.05, 4.69) is 15.5 Å². The molecule has 1 saturated heterocycles. The fourth-order valence-electron chi connectivity index (χ4n) is 6.76. The van der Waals surface area contributed by atoms with Gasteiger partial charge in [-0.3, -0.25) is 9.69 Å². The number of nitrogens with zero attached hydrogens (tertiary/aromatic N) is 1. The highest BCUT2D eigenvalue weighted by Gasteiger charge is 2.51. The van der Waals surface area contributed by atoms with Crippen molar-refractivity contribution >= 4 is 18.3 Å². The van der Waals surface area contributed by atoms with E-state index in [1.807, 2.05) is 6.07 Å². The van der Waals surface area contributed by atoms with Crippen molar-refractivity contribution in [2.24, 2.45) is 17.8 Å². The topological polar surface area (TPSA) is 44.4 Å². The van der Waals surface area contributed by atoms with Crippen LogP contribution < -0.4 is 10.6 Å². The minimum atomic E-state index is -0.212. The molecule has 5 aliphatic rings. The molecule has 0 aromatic heterocycles. The summed E-state index contributed by atoms with van der Waals surface area (Å²) in [6.07, 6.45) is 7.69. The summed E-state index contributed by atoms with van der Waals surface area (Å²) in [7, 11) is 0. The zero-order valence-electron chi connectivity index (χ0n) is 16.3. The van der Waals surface area contributed by atoms with Gasteiger partial charge in [0.05, 0.1) is 6.54 Å². The van der Waals surface area contributed by atoms with Gasteiger partial charge in [0.1, 0.15) is 5.82 Å². The average molecular weight is 408 g/mol. The standard InChI is InChI=1S/C22H30FN3O.ClH/c23-19-3-1-2-18(9-19)20-13-24-4-5-26(20)14-21(27)25-22-10-15-6-16(11-22)8-17(7-15)12-22;/h1-3,9,15-17,20,24H,4-8,10-14H2,(H,25,27);1H. The van der Waals surface area contributed by atoms with E-state index in [0.717, 1.165) is 43.0 Å². The van der Waals surface area contributed by atoms with Gasteiger partial charge < -0.3 is 10.6 Å². The van der Waals surface area contributed by atoms with E-state index < -0.39 is 0 Å². The van der Waals surface area contributed by atoms with Crippen LogP contribution in [0.3, 0.4) is 0 Å². The Bertz CT molecular complexity index is 692. The van der Waals surface area contributed by atoms with Crippen LogP contribution in [0.15, 0.2) is 24.3 Å². The highest BCUT2D eigenvalue weighted by atomic mass is 35.5. The third kappa shape index (κ3) is 3.94. The number of hydrogen-bond donors (Lipinski definition) is 2. The first-order valence-electron chi connectivity index (χ1n) is 10.6. The van der Waals surface area contributed by atoms with Crippen LogP contribution in [0.2, 0.25) is 0 Å². The zero-order valence-corrected chi connectivity index (χ0v) is 17.1. The zero-order chi connectivity index (χ0) is 18.4. The van der Waals surface area contributed by atoms with Crippen molar-refractivity contribution in [3.63, 3.8) is 0 Å². The lowest BCUT2D eigenvalue weighted by Crippen LogP contribution is -2.61. The molecule has 1 unspecified atom stereocenters. The monoisotopic (exact) mass is 407 g/mol. The van der Waals surface area contributed by atoms with Gasteiger partial charge in [0.2, 0.25) is 5.91 Å². The summed E-state index contributed by atoms with van der Waals surface area (Å²) in [4.78, 5) is 15.2. The van der Waals surface area contributed by atoms with Crippen LogP contribution in [0.1, 0.15) is 50.1 Å².